The number of aliphatic carboxylic acids is 1. The molecule has 0 radical (unpaired) electrons. The highest BCUT2D eigenvalue weighted by atomic mass is 16.4. The van der Waals surface area contributed by atoms with Crippen molar-refractivity contribution >= 4 is 17.1 Å². The van der Waals surface area contributed by atoms with E-state index in [2.05, 4.69) is 0 Å². The van der Waals surface area contributed by atoms with Crippen LogP contribution in [0.2, 0.25) is 0 Å². The van der Waals surface area contributed by atoms with E-state index in [0.717, 1.165) is 0 Å². The van der Waals surface area contributed by atoms with Gasteiger partial charge < -0.3 is 14.6 Å². The lowest BCUT2D eigenvalue weighted by atomic mass is 10.0. The number of nitrogens with zero attached hydrogens (tertiary/aromatic N) is 1. The molecule has 0 aliphatic carbocycles. The molecule has 1 aromatic heterocycles. The number of carbonyl (C=O) groups is 1. The smallest absolute Gasteiger partial charge is 0.419 e. The predicted molar refractivity (Wildman–Crippen MR) is 63.3 cm³/mol. The van der Waals surface area contributed by atoms with Crippen molar-refractivity contribution < 1.29 is 19.4 Å². The molecule has 0 aliphatic rings. The Bertz CT molecular complexity index is 639. The summed E-state index contributed by atoms with van der Waals surface area (Å²) in [5, 5.41) is 18.4. The van der Waals surface area contributed by atoms with Gasteiger partial charge in [0, 0.05) is 13.5 Å². The molecule has 6 heteroatoms. The Balaban J connectivity index is 2.29. The van der Waals surface area contributed by atoms with Gasteiger partial charge in [0.25, 0.3) is 0 Å². The Morgan fingerprint density at radius 1 is 1.50 bits per heavy atom. The van der Waals surface area contributed by atoms with E-state index in [-0.39, 0.29) is 12.8 Å². The van der Waals surface area contributed by atoms with Crippen molar-refractivity contribution in [1.82, 2.24) is 4.57 Å². The average molecular weight is 251 g/mol. The van der Waals surface area contributed by atoms with Gasteiger partial charge >= 0.3 is 11.7 Å². The first-order valence-electron chi connectivity index (χ1n) is 5.48. The molecule has 0 spiro atoms. The minimum Gasteiger partial charge on any atom is -0.481 e. The third kappa shape index (κ3) is 2.28. The molecule has 0 aliphatic heterocycles. The topological polar surface area (TPSA) is 92.7 Å². The van der Waals surface area contributed by atoms with Gasteiger partial charge in [-0.1, -0.05) is 6.07 Å². The number of aliphatic hydroxyl groups is 1. The summed E-state index contributed by atoms with van der Waals surface area (Å²) in [6.07, 6.45) is -0.869. The number of benzene rings is 1. The van der Waals surface area contributed by atoms with Crippen LogP contribution in [-0.2, 0) is 11.8 Å². The van der Waals surface area contributed by atoms with Crippen LogP contribution in [-0.4, -0.2) is 20.7 Å². The largest absolute Gasteiger partial charge is 0.481 e. The second kappa shape index (κ2) is 4.66. The number of hydrogen-bond donors (Lipinski definition) is 2. The molecule has 0 saturated carbocycles. The zero-order valence-electron chi connectivity index (χ0n) is 9.79. The molecule has 1 atom stereocenters. The van der Waals surface area contributed by atoms with Gasteiger partial charge in [-0.2, -0.15) is 0 Å². The molecule has 2 aromatic rings. The van der Waals surface area contributed by atoms with Gasteiger partial charge in [-0.25, -0.2) is 4.79 Å². The van der Waals surface area contributed by atoms with E-state index in [1.54, 1.807) is 25.2 Å². The van der Waals surface area contributed by atoms with Crippen LogP contribution in [0.4, 0.5) is 0 Å². The van der Waals surface area contributed by atoms with Gasteiger partial charge in [-0.05, 0) is 24.1 Å². The molecule has 0 bridgehead atoms. The number of carboxylic acids is 1. The van der Waals surface area contributed by atoms with Gasteiger partial charge in [0.15, 0.2) is 5.58 Å². The first-order chi connectivity index (χ1) is 8.49. The normalized spacial score (nSPS) is 12.8. The van der Waals surface area contributed by atoms with Gasteiger partial charge in [-0.15, -0.1) is 0 Å². The average Bonchev–Trinajstić information content (AvgIpc) is 2.61. The number of oxazole rings is 1. The molecule has 0 fully saturated rings. The number of fused-ring (bicyclic) bond motifs is 1. The van der Waals surface area contributed by atoms with Gasteiger partial charge in [-0.3, -0.25) is 9.36 Å². The number of hydrogen-bond acceptors (Lipinski definition) is 4. The first-order valence-corrected chi connectivity index (χ1v) is 5.48. The summed E-state index contributed by atoms with van der Waals surface area (Å²) in [7, 11) is 1.59. The quantitative estimate of drug-likeness (QED) is 0.846. The molecular formula is C12H13NO5. The Kier molecular flexibility index (Phi) is 3.20. The van der Waals surface area contributed by atoms with Crippen LogP contribution < -0.4 is 5.76 Å². The monoisotopic (exact) mass is 251 g/mol. The van der Waals surface area contributed by atoms with Crippen molar-refractivity contribution in [2.75, 3.05) is 0 Å². The Labute approximate surface area is 102 Å². The Hall–Kier alpha value is -2.08. The summed E-state index contributed by atoms with van der Waals surface area (Å²) in [4.78, 5) is 21.7. The van der Waals surface area contributed by atoms with Gasteiger partial charge in [0.1, 0.15) is 0 Å². The summed E-state index contributed by atoms with van der Waals surface area (Å²) in [5.74, 6) is -1.43. The maximum Gasteiger partial charge on any atom is 0.419 e. The van der Waals surface area contributed by atoms with Gasteiger partial charge in [0.2, 0.25) is 0 Å². The van der Waals surface area contributed by atoms with E-state index in [1.165, 1.54) is 4.57 Å². The van der Waals surface area contributed by atoms with Crippen molar-refractivity contribution in [3.8, 4) is 0 Å². The molecule has 0 amide bonds. The maximum absolute atomic E-state index is 11.3. The second-order valence-electron chi connectivity index (χ2n) is 4.10. The molecule has 18 heavy (non-hydrogen) atoms. The minimum atomic E-state index is -0.957. The number of rotatable bonds is 4. The van der Waals surface area contributed by atoms with Crippen LogP contribution in [0.15, 0.2) is 27.4 Å². The number of aliphatic hydroxyl groups excluding tert-OH is 1. The summed E-state index contributed by atoms with van der Waals surface area (Å²) >= 11 is 0. The zero-order valence-corrected chi connectivity index (χ0v) is 9.79. The minimum absolute atomic E-state index is 0.113. The summed E-state index contributed by atoms with van der Waals surface area (Å²) in [6.45, 7) is 0. The lowest BCUT2D eigenvalue weighted by Gasteiger charge is -2.09. The molecule has 6 nitrogen and oxygen atoms in total. The summed E-state index contributed by atoms with van der Waals surface area (Å²) in [6, 6.07) is 4.88. The zero-order chi connectivity index (χ0) is 13.3. The third-order valence-electron chi connectivity index (χ3n) is 2.83. The molecule has 1 heterocycles. The summed E-state index contributed by atoms with van der Waals surface area (Å²) < 4.78 is 6.36. The number of aromatic nitrogens is 1. The van der Waals surface area contributed by atoms with Crippen molar-refractivity contribution in [3.05, 3.63) is 34.3 Å². The highest BCUT2D eigenvalue weighted by Gasteiger charge is 2.13. The van der Waals surface area contributed by atoms with Crippen molar-refractivity contribution in [2.45, 2.75) is 18.9 Å². The molecule has 0 saturated heterocycles. The Morgan fingerprint density at radius 3 is 2.89 bits per heavy atom. The van der Waals surface area contributed by atoms with Crippen LogP contribution in [0.5, 0.6) is 0 Å². The van der Waals surface area contributed by atoms with Crippen LogP contribution in [0.3, 0.4) is 0 Å². The fraction of sp³-hybridized carbons (Fsp3) is 0.333. The maximum atomic E-state index is 11.3. The van der Waals surface area contributed by atoms with Gasteiger partial charge in [0.05, 0.1) is 11.6 Å². The van der Waals surface area contributed by atoms with Crippen LogP contribution in [0.1, 0.15) is 24.5 Å². The number of aryl methyl sites for hydroxylation is 1. The van der Waals surface area contributed by atoms with Crippen LogP contribution in [0, 0.1) is 0 Å². The molecule has 1 unspecified atom stereocenters. The van der Waals surface area contributed by atoms with E-state index in [1.807, 2.05) is 0 Å². The van der Waals surface area contributed by atoms with Crippen LogP contribution in [0.25, 0.3) is 11.1 Å². The van der Waals surface area contributed by atoms with Crippen molar-refractivity contribution in [1.29, 1.82) is 0 Å². The van der Waals surface area contributed by atoms with Crippen LogP contribution >= 0.6 is 0 Å². The van der Waals surface area contributed by atoms with Crippen molar-refractivity contribution in [2.24, 2.45) is 7.05 Å². The first kappa shape index (κ1) is 12.4. The van der Waals surface area contributed by atoms with E-state index in [0.29, 0.717) is 16.7 Å². The van der Waals surface area contributed by atoms with E-state index < -0.39 is 17.8 Å². The molecule has 2 rings (SSSR count). The fourth-order valence-corrected chi connectivity index (χ4v) is 1.78. The third-order valence-corrected chi connectivity index (χ3v) is 2.83. The SMILES string of the molecule is Cn1c(=O)oc2cc(C(O)CCC(=O)O)ccc21. The molecular weight excluding hydrogens is 238 g/mol. The lowest BCUT2D eigenvalue weighted by Crippen LogP contribution is -2.08. The second-order valence-corrected chi connectivity index (χ2v) is 4.10. The number of carboxylic acid groups (broad SMARTS) is 1. The molecule has 1 aromatic carbocycles. The van der Waals surface area contributed by atoms with E-state index >= 15 is 0 Å². The molecule has 2 N–H and O–H groups in total. The lowest BCUT2D eigenvalue weighted by molar-refractivity contribution is -0.137. The molecule has 96 valence electrons. The standard InChI is InChI=1S/C12H13NO5/c1-13-8-3-2-7(6-10(8)18-12(13)17)9(14)4-5-11(15)16/h2-3,6,9,14H,4-5H2,1H3,(H,15,16). The highest BCUT2D eigenvalue weighted by molar-refractivity contribution is 5.73. The fourth-order valence-electron chi connectivity index (χ4n) is 1.78. The highest BCUT2D eigenvalue weighted by Crippen LogP contribution is 2.22. The van der Waals surface area contributed by atoms with E-state index in [4.69, 9.17) is 9.52 Å². The van der Waals surface area contributed by atoms with E-state index in [9.17, 15) is 14.7 Å². The Morgan fingerprint density at radius 2 is 2.22 bits per heavy atom. The summed E-state index contributed by atoms with van der Waals surface area (Å²) in [5.41, 5.74) is 1.56. The predicted octanol–water partition coefficient (Wildman–Crippen LogP) is 1.03. The van der Waals surface area contributed by atoms with Crippen molar-refractivity contribution in [3.63, 3.8) is 0 Å².